The number of carbonyl (C=O) groups is 1. The third-order valence-corrected chi connectivity index (χ3v) is 3.02. The van der Waals surface area contributed by atoms with Gasteiger partial charge in [-0.15, -0.1) is 0 Å². The van der Waals surface area contributed by atoms with Gasteiger partial charge in [-0.3, -0.25) is 4.79 Å². The van der Waals surface area contributed by atoms with Gasteiger partial charge in [0.15, 0.2) is 0 Å². The molecule has 0 unspecified atom stereocenters. The fraction of sp³-hybridized carbons (Fsp3) is 0.917. The van der Waals surface area contributed by atoms with Crippen molar-refractivity contribution in [2.45, 2.75) is 52.0 Å². The van der Waals surface area contributed by atoms with E-state index < -0.39 is 6.04 Å². The monoisotopic (exact) mass is 213 g/mol. The normalized spacial score (nSPS) is 18.7. The lowest BCUT2D eigenvalue weighted by atomic mass is 9.83. The molecule has 0 aromatic heterocycles. The van der Waals surface area contributed by atoms with Crippen LogP contribution in [0, 0.1) is 11.8 Å². The van der Waals surface area contributed by atoms with Crippen LogP contribution in [0.2, 0.25) is 0 Å². The Morgan fingerprint density at radius 3 is 2.60 bits per heavy atom. The molecule has 2 N–H and O–H groups in total. The Hall–Kier alpha value is -0.570. The third kappa shape index (κ3) is 4.65. The molecular formula is C12H23NO2. The second-order valence-electron chi connectivity index (χ2n) is 4.99. The summed E-state index contributed by atoms with van der Waals surface area (Å²) in [5, 5.41) is 0. The highest BCUT2D eigenvalue weighted by Crippen LogP contribution is 2.29. The predicted octanol–water partition coefficient (Wildman–Crippen LogP) is 2.09. The van der Waals surface area contributed by atoms with E-state index in [9.17, 15) is 4.79 Å². The summed E-state index contributed by atoms with van der Waals surface area (Å²) in [4.78, 5) is 11.4. The molecule has 1 atom stereocenters. The first kappa shape index (κ1) is 12.5. The Balaban J connectivity index is 2.05. The van der Waals surface area contributed by atoms with Crippen molar-refractivity contribution in [3.63, 3.8) is 0 Å². The SMILES string of the molecule is CC(C)C[C@@H](N)C(=O)OCCC1CCC1. The van der Waals surface area contributed by atoms with Crippen LogP contribution in [0.25, 0.3) is 0 Å². The van der Waals surface area contributed by atoms with Crippen molar-refractivity contribution in [2.75, 3.05) is 6.61 Å². The van der Waals surface area contributed by atoms with Gasteiger partial charge in [0.2, 0.25) is 0 Å². The van der Waals surface area contributed by atoms with E-state index in [1.54, 1.807) is 0 Å². The van der Waals surface area contributed by atoms with E-state index in [1.807, 2.05) is 0 Å². The van der Waals surface area contributed by atoms with Crippen LogP contribution in [0.4, 0.5) is 0 Å². The molecule has 0 saturated heterocycles. The van der Waals surface area contributed by atoms with Crippen molar-refractivity contribution < 1.29 is 9.53 Å². The van der Waals surface area contributed by atoms with Gasteiger partial charge in [0, 0.05) is 0 Å². The van der Waals surface area contributed by atoms with Crippen LogP contribution >= 0.6 is 0 Å². The maximum Gasteiger partial charge on any atom is 0.322 e. The van der Waals surface area contributed by atoms with Gasteiger partial charge in [-0.05, 0) is 24.7 Å². The number of esters is 1. The predicted molar refractivity (Wildman–Crippen MR) is 60.3 cm³/mol. The topological polar surface area (TPSA) is 52.3 Å². The highest BCUT2D eigenvalue weighted by molar-refractivity contribution is 5.75. The lowest BCUT2D eigenvalue weighted by Crippen LogP contribution is -2.34. The summed E-state index contributed by atoms with van der Waals surface area (Å²) in [7, 11) is 0. The molecule has 15 heavy (non-hydrogen) atoms. The molecule has 0 aromatic rings. The summed E-state index contributed by atoms with van der Waals surface area (Å²) in [5.74, 6) is 1.00. The van der Waals surface area contributed by atoms with Gasteiger partial charge in [-0.25, -0.2) is 0 Å². The van der Waals surface area contributed by atoms with Crippen LogP contribution in [0.3, 0.4) is 0 Å². The molecule has 0 amide bonds. The lowest BCUT2D eigenvalue weighted by molar-refractivity contribution is -0.146. The van der Waals surface area contributed by atoms with E-state index in [1.165, 1.54) is 19.3 Å². The molecule has 1 rings (SSSR count). The molecule has 1 aliphatic rings. The summed E-state index contributed by atoms with van der Waals surface area (Å²) < 4.78 is 5.15. The first-order valence-corrected chi connectivity index (χ1v) is 6.01. The summed E-state index contributed by atoms with van der Waals surface area (Å²) >= 11 is 0. The molecule has 1 saturated carbocycles. The van der Waals surface area contributed by atoms with E-state index in [-0.39, 0.29) is 5.97 Å². The average Bonchev–Trinajstić information content (AvgIpc) is 2.07. The zero-order chi connectivity index (χ0) is 11.3. The molecule has 0 bridgehead atoms. The van der Waals surface area contributed by atoms with Crippen LogP contribution in [0.1, 0.15) is 46.0 Å². The Morgan fingerprint density at radius 2 is 2.13 bits per heavy atom. The fourth-order valence-corrected chi connectivity index (χ4v) is 1.82. The van der Waals surface area contributed by atoms with E-state index in [2.05, 4.69) is 13.8 Å². The van der Waals surface area contributed by atoms with E-state index in [0.717, 1.165) is 12.3 Å². The molecule has 1 fully saturated rings. The van der Waals surface area contributed by atoms with Gasteiger partial charge in [0.1, 0.15) is 6.04 Å². The third-order valence-electron chi connectivity index (χ3n) is 3.02. The summed E-state index contributed by atoms with van der Waals surface area (Å²) in [6.45, 7) is 4.66. The van der Waals surface area contributed by atoms with Gasteiger partial charge in [-0.2, -0.15) is 0 Å². The second-order valence-corrected chi connectivity index (χ2v) is 4.99. The van der Waals surface area contributed by atoms with Gasteiger partial charge in [-0.1, -0.05) is 33.1 Å². The number of nitrogens with two attached hydrogens (primary N) is 1. The molecule has 0 heterocycles. The average molecular weight is 213 g/mol. The van der Waals surface area contributed by atoms with Crippen molar-refractivity contribution in [1.82, 2.24) is 0 Å². The zero-order valence-corrected chi connectivity index (χ0v) is 9.87. The maximum absolute atomic E-state index is 11.4. The quantitative estimate of drug-likeness (QED) is 0.687. The molecule has 0 spiro atoms. The molecule has 88 valence electrons. The standard InChI is InChI=1S/C12H23NO2/c1-9(2)8-11(13)12(14)15-7-6-10-4-3-5-10/h9-11H,3-8,13H2,1-2H3/t11-/m1/s1. The van der Waals surface area contributed by atoms with Gasteiger partial charge < -0.3 is 10.5 Å². The highest BCUT2D eigenvalue weighted by atomic mass is 16.5. The minimum Gasteiger partial charge on any atom is -0.465 e. The van der Waals surface area contributed by atoms with E-state index in [4.69, 9.17) is 10.5 Å². The van der Waals surface area contributed by atoms with Crippen LogP contribution in [-0.4, -0.2) is 18.6 Å². The minimum atomic E-state index is -0.439. The molecule has 0 aromatic carbocycles. The van der Waals surface area contributed by atoms with Crippen molar-refractivity contribution in [3.8, 4) is 0 Å². The molecule has 3 nitrogen and oxygen atoms in total. The van der Waals surface area contributed by atoms with Crippen molar-refractivity contribution >= 4 is 5.97 Å². The Bertz CT molecular complexity index is 200. The van der Waals surface area contributed by atoms with Gasteiger partial charge >= 0.3 is 5.97 Å². The van der Waals surface area contributed by atoms with Crippen molar-refractivity contribution in [2.24, 2.45) is 17.6 Å². The smallest absolute Gasteiger partial charge is 0.322 e. The first-order chi connectivity index (χ1) is 7.09. The van der Waals surface area contributed by atoms with Crippen LogP contribution in [0.5, 0.6) is 0 Å². The molecular weight excluding hydrogens is 190 g/mol. The zero-order valence-electron chi connectivity index (χ0n) is 9.87. The van der Waals surface area contributed by atoms with Gasteiger partial charge in [0.05, 0.1) is 6.61 Å². The van der Waals surface area contributed by atoms with Crippen molar-refractivity contribution in [1.29, 1.82) is 0 Å². The molecule has 0 radical (unpaired) electrons. The van der Waals surface area contributed by atoms with Gasteiger partial charge in [0.25, 0.3) is 0 Å². The van der Waals surface area contributed by atoms with Crippen LogP contribution in [-0.2, 0) is 9.53 Å². The highest BCUT2D eigenvalue weighted by Gasteiger charge is 2.19. The first-order valence-electron chi connectivity index (χ1n) is 6.01. The number of carbonyl (C=O) groups excluding carboxylic acids is 1. The number of rotatable bonds is 6. The number of hydrogen-bond acceptors (Lipinski definition) is 3. The fourth-order valence-electron chi connectivity index (χ4n) is 1.82. The Morgan fingerprint density at radius 1 is 1.47 bits per heavy atom. The van der Waals surface area contributed by atoms with Crippen LogP contribution in [0.15, 0.2) is 0 Å². The Kier molecular flexibility index (Phi) is 5.09. The summed E-state index contributed by atoms with van der Waals surface area (Å²) in [5.41, 5.74) is 5.71. The van der Waals surface area contributed by atoms with E-state index in [0.29, 0.717) is 18.9 Å². The second kappa shape index (κ2) is 6.11. The minimum absolute atomic E-state index is 0.233. The number of hydrogen-bond donors (Lipinski definition) is 1. The maximum atomic E-state index is 11.4. The molecule has 0 aliphatic heterocycles. The lowest BCUT2D eigenvalue weighted by Gasteiger charge is -2.25. The molecule has 1 aliphatic carbocycles. The van der Waals surface area contributed by atoms with E-state index >= 15 is 0 Å². The van der Waals surface area contributed by atoms with Crippen molar-refractivity contribution in [3.05, 3.63) is 0 Å². The molecule has 3 heteroatoms. The summed E-state index contributed by atoms with van der Waals surface area (Å²) in [6.07, 6.45) is 5.67. The van der Waals surface area contributed by atoms with Crippen LogP contribution < -0.4 is 5.73 Å². The summed E-state index contributed by atoms with van der Waals surface area (Å²) in [6, 6.07) is -0.439. The number of ether oxygens (including phenoxy) is 1. The largest absolute Gasteiger partial charge is 0.465 e. The Labute approximate surface area is 92.4 Å².